The average molecular weight is 346 g/mol. The van der Waals surface area contributed by atoms with E-state index in [0.29, 0.717) is 10.9 Å². The molecule has 1 aliphatic rings. The second-order valence-corrected chi connectivity index (χ2v) is 8.12. The molecule has 2 aromatic rings. The Morgan fingerprint density at radius 1 is 1.39 bits per heavy atom. The molecular formula is C16H18N4OS2. The van der Waals surface area contributed by atoms with Crippen molar-refractivity contribution in [3.63, 3.8) is 0 Å². The molecule has 0 aliphatic carbocycles. The molecule has 1 aromatic heterocycles. The molecule has 0 atom stereocenters. The van der Waals surface area contributed by atoms with Crippen molar-refractivity contribution in [2.24, 2.45) is 0 Å². The number of fused-ring (bicyclic) bond motifs is 1. The Morgan fingerprint density at radius 2 is 2.13 bits per heavy atom. The third-order valence-corrected chi connectivity index (χ3v) is 5.91. The number of anilines is 2. The number of aromatic nitrogens is 2. The van der Waals surface area contributed by atoms with E-state index in [1.165, 1.54) is 28.7 Å². The van der Waals surface area contributed by atoms with Crippen LogP contribution >= 0.6 is 23.1 Å². The van der Waals surface area contributed by atoms with Gasteiger partial charge >= 0.3 is 0 Å². The number of allylic oxidation sites excluding steroid dienone is 2. The Bertz CT molecular complexity index is 782. The Kier molecular flexibility index (Phi) is 4.16. The monoisotopic (exact) mass is 346 g/mol. The molecule has 1 aromatic carbocycles. The van der Waals surface area contributed by atoms with Crippen LogP contribution in [0, 0.1) is 0 Å². The number of hydrogen-bond acceptors (Lipinski definition) is 7. The minimum atomic E-state index is -0.182. The van der Waals surface area contributed by atoms with Crippen molar-refractivity contribution in [2.75, 3.05) is 23.4 Å². The normalized spacial score (nSPS) is 17.5. The van der Waals surface area contributed by atoms with Gasteiger partial charge in [-0.2, -0.15) is 0 Å². The van der Waals surface area contributed by atoms with Gasteiger partial charge in [0.2, 0.25) is 5.13 Å². The van der Waals surface area contributed by atoms with Crippen LogP contribution < -0.4 is 10.6 Å². The zero-order valence-corrected chi connectivity index (χ0v) is 14.9. The summed E-state index contributed by atoms with van der Waals surface area (Å²) in [4.78, 5) is 14.5. The van der Waals surface area contributed by atoms with Crippen LogP contribution in [0.1, 0.15) is 19.4 Å². The highest BCUT2D eigenvalue weighted by atomic mass is 32.2. The maximum atomic E-state index is 12.4. The van der Waals surface area contributed by atoms with Gasteiger partial charge in [0.1, 0.15) is 0 Å². The zero-order chi connectivity index (χ0) is 16.6. The lowest BCUT2D eigenvalue weighted by atomic mass is 9.83. The summed E-state index contributed by atoms with van der Waals surface area (Å²) in [5.41, 5.74) is 8.78. The highest BCUT2D eigenvalue weighted by Crippen LogP contribution is 2.46. The van der Waals surface area contributed by atoms with Gasteiger partial charge in [0.05, 0.1) is 5.75 Å². The van der Waals surface area contributed by atoms with Crippen LogP contribution in [-0.2, 0) is 10.2 Å². The lowest BCUT2D eigenvalue weighted by molar-refractivity contribution is -0.112. The molecule has 1 aliphatic heterocycles. The largest absolute Gasteiger partial charge is 0.374 e. The number of thioether (sulfide) groups is 1. The van der Waals surface area contributed by atoms with Crippen LogP contribution in [0.15, 0.2) is 40.4 Å². The summed E-state index contributed by atoms with van der Waals surface area (Å²) in [5, 5.41) is 8.09. The molecule has 0 amide bonds. The third-order valence-electron chi connectivity index (χ3n) is 4.00. The fourth-order valence-electron chi connectivity index (χ4n) is 2.86. The fourth-order valence-corrected chi connectivity index (χ4v) is 4.32. The Labute approximate surface area is 143 Å². The average Bonchev–Trinajstić information content (AvgIpc) is 3.02. The predicted octanol–water partition coefficient (Wildman–Crippen LogP) is 3.09. The van der Waals surface area contributed by atoms with E-state index in [-0.39, 0.29) is 11.2 Å². The summed E-state index contributed by atoms with van der Waals surface area (Å²) in [6.07, 6.45) is 1.75. The smallest absolute Gasteiger partial charge is 0.203 e. The van der Waals surface area contributed by atoms with E-state index in [9.17, 15) is 4.79 Å². The first-order chi connectivity index (χ1) is 10.9. The number of hydrogen-bond donors (Lipinski definition) is 1. The molecule has 3 rings (SSSR count). The number of nitrogens with zero attached hydrogens (tertiary/aromatic N) is 3. The van der Waals surface area contributed by atoms with Gasteiger partial charge in [-0.15, -0.1) is 10.2 Å². The van der Waals surface area contributed by atoms with Gasteiger partial charge in [0.15, 0.2) is 10.1 Å². The van der Waals surface area contributed by atoms with Crippen molar-refractivity contribution in [1.82, 2.24) is 10.2 Å². The highest BCUT2D eigenvalue weighted by molar-refractivity contribution is 8.01. The number of nitrogen functional groups attached to an aromatic ring is 1. The van der Waals surface area contributed by atoms with Crippen LogP contribution in [0.25, 0.3) is 0 Å². The fraction of sp³-hybridized carbons (Fsp3) is 0.312. The van der Waals surface area contributed by atoms with Crippen molar-refractivity contribution in [3.05, 3.63) is 41.6 Å². The molecule has 7 heteroatoms. The SMILES string of the molecule is CN1C(=CC(=O)CSc2nnc(N)s2)C(C)(C)c2ccccc21. The third kappa shape index (κ3) is 2.98. The molecule has 120 valence electrons. The predicted molar refractivity (Wildman–Crippen MR) is 96.0 cm³/mol. The quantitative estimate of drug-likeness (QED) is 0.677. The molecule has 0 spiro atoms. The van der Waals surface area contributed by atoms with Crippen LogP contribution in [-0.4, -0.2) is 28.8 Å². The summed E-state index contributed by atoms with van der Waals surface area (Å²) in [5.74, 6) is 0.393. The lowest BCUT2D eigenvalue weighted by Gasteiger charge is -2.23. The summed E-state index contributed by atoms with van der Waals surface area (Å²) in [6.45, 7) is 4.29. The van der Waals surface area contributed by atoms with Crippen molar-refractivity contribution in [3.8, 4) is 0 Å². The molecule has 2 heterocycles. The van der Waals surface area contributed by atoms with E-state index in [2.05, 4.69) is 41.1 Å². The molecule has 0 fully saturated rings. The molecule has 0 radical (unpaired) electrons. The summed E-state index contributed by atoms with van der Waals surface area (Å²) < 4.78 is 0.719. The number of ketones is 1. The number of benzene rings is 1. The van der Waals surface area contributed by atoms with Crippen LogP contribution in [0.5, 0.6) is 0 Å². The maximum absolute atomic E-state index is 12.4. The van der Waals surface area contributed by atoms with E-state index in [4.69, 9.17) is 5.73 Å². The van der Waals surface area contributed by atoms with E-state index in [1.807, 2.05) is 19.2 Å². The van der Waals surface area contributed by atoms with Crippen LogP contribution in [0.3, 0.4) is 0 Å². The first kappa shape index (κ1) is 16.0. The van der Waals surface area contributed by atoms with E-state index < -0.39 is 0 Å². The lowest BCUT2D eigenvalue weighted by Crippen LogP contribution is -2.24. The topological polar surface area (TPSA) is 72.1 Å². The minimum Gasteiger partial charge on any atom is -0.374 e. The van der Waals surface area contributed by atoms with E-state index >= 15 is 0 Å². The number of nitrogens with two attached hydrogens (primary N) is 1. The van der Waals surface area contributed by atoms with E-state index in [0.717, 1.165) is 15.7 Å². The Balaban J connectivity index is 1.78. The molecule has 0 bridgehead atoms. The van der Waals surface area contributed by atoms with Crippen LogP contribution in [0.2, 0.25) is 0 Å². The summed E-state index contributed by atoms with van der Waals surface area (Å²) in [6, 6.07) is 8.26. The van der Waals surface area contributed by atoms with Gasteiger partial charge < -0.3 is 10.6 Å². The standard InChI is InChI=1S/C16H18N4OS2/c1-16(2)11-6-4-5-7-12(11)20(3)13(16)8-10(21)9-22-15-19-18-14(17)23-15/h4-8H,9H2,1-3H3,(H2,17,18). The molecule has 0 unspecified atom stereocenters. The maximum Gasteiger partial charge on any atom is 0.203 e. The Hall–Kier alpha value is -1.86. The second kappa shape index (κ2) is 5.98. The molecule has 23 heavy (non-hydrogen) atoms. The number of rotatable bonds is 4. The number of carbonyl (C=O) groups excluding carboxylic acids is 1. The second-order valence-electron chi connectivity index (χ2n) is 5.89. The van der Waals surface area contributed by atoms with Crippen LogP contribution in [0.4, 0.5) is 10.8 Å². The Morgan fingerprint density at radius 3 is 2.78 bits per heavy atom. The van der Waals surface area contributed by atoms with Gasteiger partial charge in [-0.25, -0.2) is 0 Å². The molecular weight excluding hydrogens is 328 g/mol. The molecule has 5 nitrogen and oxygen atoms in total. The number of carbonyl (C=O) groups is 1. The first-order valence-corrected chi connectivity index (χ1v) is 9.00. The molecule has 0 saturated carbocycles. The van der Waals surface area contributed by atoms with E-state index in [1.54, 1.807) is 6.08 Å². The first-order valence-electron chi connectivity index (χ1n) is 7.19. The van der Waals surface area contributed by atoms with Crippen molar-refractivity contribution in [2.45, 2.75) is 23.6 Å². The molecule has 2 N–H and O–H groups in total. The van der Waals surface area contributed by atoms with Crippen molar-refractivity contribution >= 4 is 39.7 Å². The number of para-hydroxylation sites is 1. The summed E-state index contributed by atoms with van der Waals surface area (Å²) in [7, 11) is 2.01. The number of likely N-dealkylation sites (N-methyl/N-ethyl adjacent to an activating group) is 1. The van der Waals surface area contributed by atoms with Crippen molar-refractivity contribution in [1.29, 1.82) is 0 Å². The van der Waals surface area contributed by atoms with Gasteiger partial charge in [0.25, 0.3) is 0 Å². The zero-order valence-electron chi connectivity index (χ0n) is 13.2. The minimum absolute atomic E-state index is 0.0616. The van der Waals surface area contributed by atoms with Gasteiger partial charge in [-0.3, -0.25) is 4.79 Å². The van der Waals surface area contributed by atoms with Crippen molar-refractivity contribution < 1.29 is 4.79 Å². The van der Waals surface area contributed by atoms with Gasteiger partial charge in [0, 0.05) is 29.9 Å². The highest BCUT2D eigenvalue weighted by Gasteiger charge is 2.38. The van der Waals surface area contributed by atoms with Gasteiger partial charge in [-0.1, -0.05) is 55.1 Å². The summed E-state index contributed by atoms with van der Waals surface area (Å²) >= 11 is 2.67. The molecule has 0 saturated heterocycles. The van der Waals surface area contributed by atoms with Gasteiger partial charge in [-0.05, 0) is 11.6 Å².